The van der Waals surface area contributed by atoms with Crippen LogP contribution in [0.3, 0.4) is 0 Å². The number of fused-ring (bicyclic) bond motifs is 2. The van der Waals surface area contributed by atoms with Gasteiger partial charge in [0, 0.05) is 29.1 Å². The van der Waals surface area contributed by atoms with E-state index >= 15 is 0 Å². The molecule has 3 aromatic rings. The Morgan fingerprint density at radius 3 is 2.89 bits per heavy atom. The third-order valence-corrected chi connectivity index (χ3v) is 5.43. The van der Waals surface area contributed by atoms with Crippen LogP contribution in [0.1, 0.15) is 20.7 Å². The summed E-state index contributed by atoms with van der Waals surface area (Å²) in [6.45, 7) is 0.855. The van der Waals surface area contributed by atoms with Gasteiger partial charge < -0.3 is 19.5 Å². The molecular formula is C20H17N3O4S. The Bertz CT molecular complexity index is 1020. The Balaban J connectivity index is 1.71. The van der Waals surface area contributed by atoms with Gasteiger partial charge in [-0.25, -0.2) is 0 Å². The summed E-state index contributed by atoms with van der Waals surface area (Å²) in [5, 5.41) is 6.37. The molecule has 4 rings (SSSR count). The Kier molecular flexibility index (Phi) is 5.14. The van der Waals surface area contributed by atoms with Crippen LogP contribution in [0.2, 0.25) is 0 Å². The Hall–Kier alpha value is -3.10. The van der Waals surface area contributed by atoms with Gasteiger partial charge in [-0.2, -0.15) is 0 Å². The van der Waals surface area contributed by atoms with Crippen molar-refractivity contribution in [3.05, 3.63) is 66.1 Å². The van der Waals surface area contributed by atoms with Crippen LogP contribution in [-0.4, -0.2) is 37.2 Å². The molecule has 0 radical (unpaired) electrons. The van der Waals surface area contributed by atoms with Gasteiger partial charge in [0.05, 0.1) is 29.6 Å². The van der Waals surface area contributed by atoms with E-state index in [0.717, 1.165) is 15.5 Å². The summed E-state index contributed by atoms with van der Waals surface area (Å²) < 4.78 is 9.89. The van der Waals surface area contributed by atoms with Crippen molar-refractivity contribution >= 4 is 35.0 Å². The predicted octanol–water partition coefficient (Wildman–Crippen LogP) is 3.68. The first-order valence-electron chi connectivity index (χ1n) is 8.60. The van der Waals surface area contributed by atoms with E-state index < -0.39 is 0 Å². The summed E-state index contributed by atoms with van der Waals surface area (Å²) in [6.07, 6.45) is 2.64. The van der Waals surface area contributed by atoms with Gasteiger partial charge in [0.25, 0.3) is 11.8 Å². The molecular weight excluding hydrogens is 378 g/mol. The molecule has 0 bridgehead atoms. The van der Waals surface area contributed by atoms with Crippen LogP contribution in [0, 0.1) is 0 Å². The highest BCUT2D eigenvalue weighted by Crippen LogP contribution is 2.42. The van der Waals surface area contributed by atoms with Crippen molar-refractivity contribution in [2.24, 2.45) is 0 Å². The largest absolute Gasteiger partial charge is 0.383 e. The SMILES string of the molecule is COCCN1C(=O)c2ccccc2Sc2cc(NC(=O)c3cnoc3)ccc21. The number of nitrogens with one attached hydrogen (secondary N) is 1. The first-order chi connectivity index (χ1) is 13.7. The standard InChI is InChI=1S/C20H17N3O4S/c1-26-9-8-23-16-7-6-14(22-19(24)13-11-21-27-12-13)10-18(16)28-17-5-3-2-4-15(17)20(23)25/h2-7,10-12H,8-9H2,1H3,(H,22,24). The van der Waals surface area contributed by atoms with Gasteiger partial charge in [0.1, 0.15) is 6.26 Å². The number of aromatic nitrogens is 1. The number of methoxy groups -OCH3 is 1. The zero-order valence-electron chi connectivity index (χ0n) is 15.0. The van der Waals surface area contributed by atoms with Crippen LogP contribution in [0.25, 0.3) is 0 Å². The highest BCUT2D eigenvalue weighted by molar-refractivity contribution is 7.99. The van der Waals surface area contributed by atoms with Crippen LogP contribution < -0.4 is 10.2 Å². The number of benzene rings is 2. The molecule has 1 N–H and O–H groups in total. The molecule has 1 aliphatic rings. The molecule has 1 aromatic heterocycles. The molecule has 2 heterocycles. The number of anilines is 2. The highest BCUT2D eigenvalue weighted by atomic mass is 32.2. The van der Waals surface area contributed by atoms with Crippen molar-refractivity contribution in [2.45, 2.75) is 9.79 Å². The number of rotatable bonds is 5. The summed E-state index contributed by atoms with van der Waals surface area (Å²) in [4.78, 5) is 28.8. The van der Waals surface area contributed by atoms with Crippen LogP contribution in [0.4, 0.5) is 11.4 Å². The first-order valence-corrected chi connectivity index (χ1v) is 9.41. The summed E-state index contributed by atoms with van der Waals surface area (Å²) in [5.41, 5.74) is 2.39. The minimum absolute atomic E-state index is 0.0693. The Morgan fingerprint density at radius 2 is 2.11 bits per heavy atom. The smallest absolute Gasteiger partial charge is 0.260 e. The van der Waals surface area contributed by atoms with E-state index in [1.165, 1.54) is 24.2 Å². The van der Waals surface area contributed by atoms with E-state index in [0.29, 0.717) is 30.0 Å². The maximum absolute atomic E-state index is 13.1. The molecule has 0 saturated carbocycles. The summed E-state index contributed by atoms with van der Waals surface area (Å²) >= 11 is 1.50. The van der Waals surface area contributed by atoms with Gasteiger partial charge >= 0.3 is 0 Å². The monoisotopic (exact) mass is 395 g/mol. The average molecular weight is 395 g/mol. The molecule has 1 aliphatic heterocycles. The van der Waals surface area contributed by atoms with Crippen molar-refractivity contribution in [3.63, 3.8) is 0 Å². The Morgan fingerprint density at radius 1 is 1.25 bits per heavy atom. The molecule has 0 spiro atoms. The zero-order valence-corrected chi connectivity index (χ0v) is 15.9. The molecule has 0 saturated heterocycles. The fourth-order valence-corrected chi connectivity index (χ4v) is 4.04. The lowest BCUT2D eigenvalue weighted by atomic mass is 10.1. The lowest BCUT2D eigenvalue weighted by Crippen LogP contribution is -2.33. The molecule has 2 aromatic carbocycles. The van der Waals surface area contributed by atoms with Crippen molar-refractivity contribution in [1.29, 1.82) is 0 Å². The third kappa shape index (κ3) is 3.51. The molecule has 142 valence electrons. The van der Waals surface area contributed by atoms with Crippen LogP contribution >= 0.6 is 11.8 Å². The molecule has 28 heavy (non-hydrogen) atoms. The predicted molar refractivity (Wildman–Crippen MR) is 105 cm³/mol. The van der Waals surface area contributed by atoms with Crippen LogP contribution in [0.15, 0.2) is 69.2 Å². The van der Waals surface area contributed by atoms with Crippen LogP contribution in [0.5, 0.6) is 0 Å². The number of hydrogen-bond donors (Lipinski definition) is 1. The van der Waals surface area contributed by atoms with E-state index in [4.69, 9.17) is 9.26 Å². The van der Waals surface area contributed by atoms with E-state index in [1.807, 2.05) is 36.4 Å². The number of hydrogen-bond acceptors (Lipinski definition) is 6. The molecule has 0 atom stereocenters. The number of carbonyl (C=O) groups excluding carboxylic acids is 2. The number of amides is 2. The average Bonchev–Trinajstić information content (AvgIpc) is 3.21. The number of nitrogens with zero attached hydrogens (tertiary/aromatic N) is 2. The minimum atomic E-state index is -0.312. The van der Waals surface area contributed by atoms with Gasteiger partial charge in [-0.15, -0.1) is 0 Å². The van der Waals surface area contributed by atoms with Gasteiger partial charge in [-0.3, -0.25) is 9.59 Å². The van der Waals surface area contributed by atoms with Gasteiger partial charge in [0.2, 0.25) is 0 Å². The molecule has 8 heteroatoms. The van der Waals surface area contributed by atoms with Gasteiger partial charge in [-0.1, -0.05) is 29.1 Å². The van der Waals surface area contributed by atoms with Gasteiger partial charge in [0.15, 0.2) is 0 Å². The fraction of sp³-hybridized carbons (Fsp3) is 0.150. The van der Waals surface area contributed by atoms with E-state index in [-0.39, 0.29) is 11.8 Å². The fourth-order valence-electron chi connectivity index (χ4n) is 2.93. The van der Waals surface area contributed by atoms with Crippen molar-refractivity contribution < 1.29 is 18.8 Å². The van der Waals surface area contributed by atoms with E-state index in [2.05, 4.69) is 10.5 Å². The second-order valence-electron chi connectivity index (χ2n) is 6.10. The highest BCUT2D eigenvalue weighted by Gasteiger charge is 2.27. The molecule has 2 amide bonds. The molecule has 0 fully saturated rings. The maximum atomic E-state index is 13.1. The van der Waals surface area contributed by atoms with Crippen molar-refractivity contribution in [1.82, 2.24) is 5.16 Å². The number of ether oxygens (including phenoxy) is 1. The van der Waals surface area contributed by atoms with Crippen LogP contribution in [-0.2, 0) is 4.74 Å². The first kappa shape index (κ1) is 18.3. The quantitative estimate of drug-likeness (QED) is 0.709. The van der Waals surface area contributed by atoms with Crippen molar-refractivity contribution in [2.75, 3.05) is 30.5 Å². The summed E-state index contributed by atoms with van der Waals surface area (Å²) in [6, 6.07) is 13.0. The second-order valence-corrected chi connectivity index (χ2v) is 7.18. The van der Waals surface area contributed by atoms with Crippen molar-refractivity contribution in [3.8, 4) is 0 Å². The zero-order chi connectivity index (χ0) is 19.5. The number of carbonyl (C=O) groups is 2. The normalized spacial score (nSPS) is 12.9. The van der Waals surface area contributed by atoms with Gasteiger partial charge in [-0.05, 0) is 30.3 Å². The lowest BCUT2D eigenvalue weighted by Gasteiger charge is -2.23. The topological polar surface area (TPSA) is 84.7 Å². The summed E-state index contributed by atoms with van der Waals surface area (Å²) in [7, 11) is 1.61. The maximum Gasteiger partial charge on any atom is 0.260 e. The molecule has 0 unspecified atom stereocenters. The second kappa shape index (κ2) is 7.87. The minimum Gasteiger partial charge on any atom is -0.383 e. The van der Waals surface area contributed by atoms with E-state index in [1.54, 1.807) is 18.1 Å². The lowest BCUT2D eigenvalue weighted by molar-refractivity contribution is 0.0972. The molecule has 0 aliphatic carbocycles. The molecule has 7 nitrogen and oxygen atoms in total. The summed E-state index contributed by atoms with van der Waals surface area (Å²) in [5.74, 6) is -0.382. The third-order valence-electron chi connectivity index (χ3n) is 4.30. The van der Waals surface area contributed by atoms with E-state index in [9.17, 15) is 9.59 Å². The Labute approximate surface area is 165 Å².